The third kappa shape index (κ3) is 24.8. The molecule has 0 spiro atoms. The molecule has 0 radical (unpaired) electrons. The SMILES string of the molecule is CCCCC/C=C/C/C=C/C/C=C/C/C=C/CCCC(=O)O[C@H](COC(=O)CCCCCCCCCCCCC)CO[C@H]1O[C@@H](CO[C@H]2O[C@@H](CO)[C@@H](O)C(O)C2O)[C@@H](O)C(O)C1O. The van der Waals surface area contributed by atoms with Crippen molar-refractivity contribution in [2.24, 2.45) is 0 Å². The van der Waals surface area contributed by atoms with Crippen LogP contribution in [0.2, 0.25) is 0 Å². The summed E-state index contributed by atoms with van der Waals surface area (Å²) in [6.07, 6.45) is 21.6. The van der Waals surface area contributed by atoms with Crippen molar-refractivity contribution in [3.63, 3.8) is 0 Å². The standard InChI is InChI=1S/C49H84O15/c1-3-5-7-9-11-13-15-16-17-18-19-20-22-24-26-28-30-32-41(52)62-37(34-59-40(51)31-29-27-25-23-21-14-12-10-8-6-4-2)35-60-48-47(58)45(56)43(54)39(64-48)36-61-49-46(57)44(55)42(53)38(33-50)63-49/h11,13,16-17,19-20,24,26,37-39,42-50,53-58H,3-10,12,14-15,18,21-23,25,27-36H2,1-2H3/b13-11+,17-16+,20-19+,26-24+/t37-,38+,39+,42-,43-,44?,45?,46?,47?,48+,49+/m1/s1. The number of esters is 2. The van der Waals surface area contributed by atoms with Crippen LogP contribution in [0.3, 0.4) is 0 Å². The molecule has 0 amide bonds. The Hall–Kier alpha value is -2.54. The molecule has 2 fully saturated rings. The first kappa shape index (κ1) is 57.6. The zero-order valence-corrected chi connectivity index (χ0v) is 38.8. The van der Waals surface area contributed by atoms with E-state index in [-0.39, 0.29) is 19.4 Å². The first-order valence-electron chi connectivity index (χ1n) is 24.2. The fourth-order valence-corrected chi connectivity index (χ4v) is 7.27. The molecule has 7 N–H and O–H groups in total. The van der Waals surface area contributed by atoms with Gasteiger partial charge in [-0.25, -0.2) is 0 Å². The lowest BCUT2D eigenvalue weighted by Gasteiger charge is -2.42. The third-order valence-electron chi connectivity index (χ3n) is 11.3. The number of allylic oxidation sites excluding steroid dienone is 8. The summed E-state index contributed by atoms with van der Waals surface area (Å²) < 4.78 is 33.4. The molecular formula is C49H84O15. The highest BCUT2D eigenvalue weighted by molar-refractivity contribution is 5.70. The molecule has 0 bridgehead atoms. The van der Waals surface area contributed by atoms with E-state index in [0.717, 1.165) is 44.9 Å². The lowest BCUT2D eigenvalue weighted by molar-refractivity contribution is -0.332. The highest BCUT2D eigenvalue weighted by atomic mass is 16.7. The van der Waals surface area contributed by atoms with Gasteiger partial charge in [-0.3, -0.25) is 9.59 Å². The minimum absolute atomic E-state index is 0.0893. The van der Waals surface area contributed by atoms with Crippen LogP contribution >= 0.6 is 0 Å². The predicted octanol–water partition coefficient (Wildman–Crippen LogP) is 5.93. The van der Waals surface area contributed by atoms with E-state index in [2.05, 4.69) is 50.3 Å². The first-order chi connectivity index (χ1) is 31.0. The Balaban J connectivity index is 1.86. The van der Waals surface area contributed by atoms with Crippen LogP contribution < -0.4 is 0 Å². The Morgan fingerprint density at radius 3 is 1.52 bits per heavy atom. The Morgan fingerprint density at radius 1 is 0.500 bits per heavy atom. The summed E-state index contributed by atoms with van der Waals surface area (Å²) in [6.45, 7) is 2.48. The summed E-state index contributed by atoms with van der Waals surface area (Å²) in [6, 6.07) is 0. The van der Waals surface area contributed by atoms with Crippen LogP contribution in [0.4, 0.5) is 0 Å². The van der Waals surface area contributed by atoms with Gasteiger partial charge in [-0.2, -0.15) is 0 Å². The molecular weight excluding hydrogens is 829 g/mol. The first-order valence-corrected chi connectivity index (χ1v) is 24.2. The summed E-state index contributed by atoms with van der Waals surface area (Å²) in [7, 11) is 0. The van der Waals surface area contributed by atoms with Gasteiger partial charge < -0.3 is 64.2 Å². The van der Waals surface area contributed by atoms with E-state index in [1.807, 2.05) is 12.2 Å². The largest absolute Gasteiger partial charge is 0.462 e. The van der Waals surface area contributed by atoms with Crippen molar-refractivity contribution in [2.45, 2.75) is 223 Å². The number of ether oxygens (including phenoxy) is 6. The van der Waals surface area contributed by atoms with Crippen molar-refractivity contribution >= 4 is 11.9 Å². The molecule has 2 rings (SSSR count). The normalized spacial score (nSPS) is 27.0. The molecule has 2 aliphatic rings. The maximum atomic E-state index is 12.9. The van der Waals surface area contributed by atoms with Crippen molar-refractivity contribution in [2.75, 3.05) is 26.4 Å². The number of aliphatic hydroxyl groups is 7. The van der Waals surface area contributed by atoms with Gasteiger partial charge in [0.1, 0.15) is 55.4 Å². The topological polar surface area (TPSA) is 231 Å². The molecule has 64 heavy (non-hydrogen) atoms. The lowest BCUT2D eigenvalue weighted by Crippen LogP contribution is -2.61. The molecule has 2 aliphatic heterocycles. The summed E-state index contributed by atoms with van der Waals surface area (Å²) in [4.78, 5) is 25.6. The molecule has 2 heterocycles. The number of hydrogen-bond acceptors (Lipinski definition) is 15. The molecule has 0 aliphatic carbocycles. The maximum Gasteiger partial charge on any atom is 0.306 e. The predicted molar refractivity (Wildman–Crippen MR) is 243 cm³/mol. The second kappa shape index (κ2) is 36.6. The van der Waals surface area contributed by atoms with Crippen molar-refractivity contribution < 1.29 is 73.8 Å². The van der Waals surface area contributed by atoms with Crippen molar-refractivity contribution in [3.05, 3.63) is 48.6 Å². The summed E-state index contributed by atoms with van der Waals surface area (Å²) in [5.74, 6) is -0.993. The fraction of sp³-hybridized carbons (Fsp3) is 0.796. The highest BCUT2D eigenvalue weighted by Gasteiger charge is 2.47. The molecule has 4 unspecified atom stereocenters. The lowest BCUT2D eigenvalue weighted by atomic mass is 9.98. The zero-order chi connectivity index (χ0) is 46.8. The van der Waals surface area contributed by atoms with Crippen LogP contribution in [0.25, 0.3) is 0 Å². The average Bonchev–Trinajstić information content (AvgIpc) is 3.29. The van der Waals surface area contributed by atoms with Crippen LogP contribution in [-0.2, 0) is 38.0 Å². The van der Waals surface area contributed by atoms with Crippen LogP contribution in [0.1, 0.15) is 155 Å². The van der Waals surface area contributed by atoms with Gasteiger partial charge in [-0.1, -0.05) is 140 Å². The van der Waals surface area contributed by atoms with Crippen molar-refractivity contribution in [1.82, 2.24) is 0 Å². The number of carbonyl (C=O) groups is 2. The van der Waals surface area contributed by atoms with Gasteiger partial charge >= 0.3 is 11.9 Å². The molecule has 0 aromatic heterocycles. The van der Waals surface area contributed by atoms with Gasteiger partial charge in [-0.15, -0.1) is 0 Å². The van der Waals surface area contributed by atoms with Crippen molar-refractivity contribution in [3.8, 4) is 0 Å². The highest BCUT2D eigenvalue weighted by Crippen LogP contribution is 2.26. The monoisotopic (exact) mass is 913 g/mol. The van der Waals surface area contributed by atoms with Crippen LogP contribution in [-0.4, -0.2) is 142 Å². The number of hydrogen-bond donors (Lipinski definition) is 7. The Bertz CT molecular complexity index is 1300. The Labute approximate surface area is 382 Å². The number of unbranched alkanes of at least 4 members (excludes halogenated alkanes) is 14. The Kier molecular flexibility index (Phi) is 32.9. The van der Waals surface area contributed by atoms with Gasteiger partial charge in [0, 0.05) is 12.8 Å². The van der Waals surface area contributed by atoms with E-state index in [0.29, 0.717) is 19.3 Å². The van der Waals surface area contributed by atoms with Gasteiger partial charge in [0.2, 0.25) is 0 Å². The second-order valence-electron chi connectivity index (χ2n) is 16.9. The van der Waals surface area contributed by atoms with Gasteiger partial charge in [0.15, 0.2) is 18.7 Å². The molecule has 0 saturated carbocycles. The molecule has 11 atom stereocenters. The minimum Gasteiger partial charge on any atom is -0.462 e. The number of aliphatic hydroxyl groups excluding tert-OH is 7. The minimum atomic E-state index is -1.77. The van der Waals surface area contributed by atoms with E-state index >= 15 is 0 Å². The molecule has 15 nitrogen and oxygen atoms in total. The average molecular weight is 913 g/mol. The third-order valence-corrected chi connectivity index (χ3v) is 11.3. The molecule has 370 valence electrons. The van der Waals surface area contributed by atoms with E-state index in [1.54, 1.807) is 0 Å². The van der Waals surface area contributed by atoms with Crippen LogP contribution in [0.5, 0.6) is 0 Å². The van der Waals surface area contributed by atoms with E-state index in [4.69, 9.17) is 28.4 Å². The van der Waals surface area contributed by atoms with Crippen molar-refractivity contribution in [1.29, 1.82) is 0 Å². The summed E-state index contributed by atoms with van der Waals surface area (Å²) in [5, 5.41) is 71.9. The molecule has 15 heteroatoms. The zero-order valence-electron chi connectivity index (χ0n) is 38.8. The van der Waals surface area contributed by atoms with Gasteiger partial charge in [0.25, 0.3) is 0 Å². The molecule has 2 saturated heterocycles. The second-order valence-corrected chi connectivity index (χ2v) is 16.9. The molecule has 0 aromatic carbocycles. The van der Waals surface area contributed by atoms with Gasteiger partial charge in [0.05, 0.1) is 19.8 Å². The van der Waals surface area contributed by atoms with Gasteiger partial charge in [-0.05, 0) is 51.4 Å². The van der Waals surface area contributed by atoms with E-state index in [1.165, 1.54) is 64.2 Å². The summed E-state index contributed by atoms with van der Waals surface area (Å²) >= 11 is 0. The number of rotatable bonds is 36. The molecule has 0 aromatic rings. The summed E-state index contributed by atoms with van der Waals surface area (Å²) in [5.41, 5.74) is 0. The maximum absolute atomic E-state index is 12.9. The van der Waals surface area contributed by atoms with Crippen LogP contribution in [0, 0.1) is 0 Å². The van der Waals surface area contributed by atoms with E-state index < -0.39 is 99.3 Å². The quantitative estimate of drug-likeness (QED) is 0.0220. The van der Waals surface area contributed by atoms with E-state index in [9.17, 15) is 45.3 Å². The van der Waals surface area contributed by atoms with Crippen LogP contribution in [0.15, 0.2) is 48.6 Å². The Morgan fingerprint density at radius 2 is 0.953 bits per heavy atom. The smallest absolute Gasteiger partial charge is 0.306 e. The fourth-order valence-electron chi connectivity index (χ4n) is 7.27. The number of carbonyl (C=O) groups excluding carboxylic acids is 2.